The fraction of sp³-hybridized carbons (Fsp3) is 1.00. The molecule has 0 unspecified atom stereocenters. The van der Waals surface area contributed by atoms with Crippen LogP contribution < -0.4 is 48.0 Å². The number of halogens is 2. The molecule has 3 saturated heterocycles. The average Bonchev–Trinajstić information content (AvgIpc) is 2.36. The van der Waals surface area contributed by atoms with Crippen LogP contribution >= 0.6 is 0 Å². The first kappa shape index (κ1) is 17.4. The summed E-state index contributed by atoms with van der Waals surface area (Å²) in [4.78, 5) is 0. The van der Waals surface area contributed by atoms with Crippen molar-refractivity contribution in [1.82, 2.24) is 0 Å². The van der Waals surface area contributed by atoms with Crippen molar-refractivity contribution < 1.29 is 56.9 Å². The van der Waals surface area contributed by atoms with Gasteiger partial charge in [0.05, 0.1) is 26.2 Å². The third-order valence-electron chi connectivity index (χ3n) is 5.63. The molecule has 0 saturated carbocycles. The van der Waals surface area contributed by atoms with Crippen molar-refractivity contribution in [1.29, 1.82) is 0 Å². The van der Waals surface area contributed by atoms with E-state index in [1.807, 2.05) is 0 Å². The van der Waals surface area contributed by atoms with E-state index in [2.05, 4.69) is 0 Å². The second kappa shape index (κ2) is 7.41. The minimum atomic E-state index is 0. The van der Waals surface area contributed by atoms with Gasteiger partial charge in [-0.2, -0.15) is 0 Å². The molecule has 2 nitrogen and oxygen atoms in total. The Bertz CT molecular complexity index is 208. The molecule has 0 amide bonds. The summed E-state index contributed by atoms with van der Waals surface area (Å²) in [6.07, 6.45) is 9.00. The Balaban J connectivity index is 0.000000810. The van der Waals surface area contributed by atoms with Crippen molar-refractivity contribution in [3.63, 3.8) is 0 Å². The highest BCUT2D eigenvalue weighted by atomic mass is 127. The predicted molar refractivity (Wildman–Crippen MR) is 67.2 cm³/mol. The summed E-state index contributed by atoms with van der Waals surface area (Å²) in [7, 11) is 0. The van der Waals surface area contributed by atoms with E-state index >= 15 is 0 Å². The first-order valence-corrected chi connectivity index (χ1v) is 7.53. The van der Waals surface area contributed by atoms with Gasteiger partial charge in [0.15, 0.2) is 0 Å². The third kappa shape index (κ3) is 3.73. The van der Waals surface area contributed by atoms with Gasteiger partial charge in [-0.1, -0.05) is 0 Å². The Kier molecular flexibility index (Phi) is 7.17. The quantitative estimate of drug-likeness (QED) is 0.246. The van der Waals surface area contributed by atoms with Crippen molar-refractivity contribution in [2.75, 3.05) is 52.4 Å². The molecule has 4 heteroatoms. The molecule has 3 aliphatic heterocycles. The fourth-order valence-corrected chi connectivity index (χ4v) is 4.33. The van der Waals surface area contributed by atoms with E-state index in [0.29, 0.717) is 0 Å². The van der Waals surface area contributed by atoms with Gasteiger partial charge in [-0.05, 0) is 38.5 Å². The van der Waals surface area contributed by atoms with E-state index in [1.54, 1.807) is 0 Å². The smallest absolute Gasteiger partial charge is 0.129 e. The van der Waals surface area contributed by atoms with E-state index in [1.165, 1.54) is 99.8 Å². The lowest BCUT2D eigenvalue weighted by atomic mass is 10.0. The van der Waals surface area contributed by atoms with Crippen molar-refractivity contribution >= 4 is 0 Å². The van der Waals surface area contributed by atoms with Crippen LogP contribution in [0.15, 0.2) is 0 Å². The zero-order valence-corrected chi connectivity index (χ0v) is 15.9. The van der Waals surface area contributed by atoms with Crippen LogP contribution in [0.2, 0.25) is 0 Å². The molecule has 0 radical (unpaired) electrons. The molecule has 0 aliphatic carbocycles. The lowest BCUT2D eigenvalue weighted by Crippen LogP contribution is -3.00. The second-order valence-corrected chi connectivity index (χ2v) is 6.59. The van der Waals surface area contributed by atoms with Gasteiger partial charge in [-0.3, -0.25) is 0 Å². The monoisotopic (exact) mass is 478 g/mol. The van der Waals surface area contributed by atoms with E-state index in [4.69, 9.17) is 0 Å². The van der Waals surface area contributed by atoms with Crippen LogP contribution in [0, 0.1) is 0 Å². The molecule has 0 aromatic carbocycles. The number of rotatable bonds is 0. The maximum Gasteiger partial charge on any atom is 0.129 e. The van der Waals surface area contributed by atoms with Gasteiger partial charge in [0.2, 0.25) is 0 Å². The predicted octanol–water partition coefficient (Wildman–Crippen LogP) is -3.99. The molecular weight excluding hydrogens is 450 g/mol. The molecular formula is C14H28I2N2. The Hall–Kier alpha value is 1.38. The molecule has 3 heterocycles. The van der Waals surface area contributed by atoms with Crippen LogP contribution in [0.25, 0.3) is 0 Å². The number of piperazine rings is 1. The molecule has 3 fully saturated rings. The van der Waals surface area contributed by atoms with Crippen LogP contribution in [-0.4, -0.2) is 61.3 Å². The fourth-order valence-electron chi connectivity index (χ4n) is 4.33. The standard InChI is InChI=1S/C14H28N2.2HI/c1-3-7-15(8-4-1)11-13-16(14-12-15)9-5-2-6-10-16;;/h1-14H2;2*1H/q+2;;/p-2. The molecule has 0 bridgehead atoms. The second-order valence-electron chi connectivity index (χ2n) is 6.59. The minimum Gasteiger partial charge on any atom is -1.00 e. The van der Waals surface area contributed by atoms with Gasteiger partial charge < -0.3 is 56.9 Å². The molecule has 2 spiro atoms. The number of nitrogens with zero attached hydrogens (tertiary/aromatic N) is 2. The highest BCUT2D eigenvalue weighted by Crippen LogP contribution is 2.27. The van der Waals surface area contributed by atoms with E-state index in [-0.39, 0.29) is 48.0 Å². The normalized spacial score (nSPS) is 29.3. The highest BCUT2D eigenvalue weighted by molar-refractivity contribution is 4.62. The molecule has 0 atom stereocenters. The summed E-state index contributed by atoms with van der Waals surface area (Å²) in [5.74, 6) is 0. The lowest BCUT2D eigenvalue weighted by molar-refractivity contribution is -1.03. The minimum absolute atomic E-state index is 0. The Morgan fingerprint density at radius 1 is 0.333 bits per heavy atom. The Morgan fingerprint density at radius 2 is 0.611 bits per heavy atom. The van der Waals surface area contributed by atoms with Crippen LogP contribution in [-0.2, 0) is 0 Å². The maximum absolute atomic E-state index is 1.50. The maximum atomic E-state index is 1.50. The lowest BCUT2D eigenvalue weighted by Gasteiger charge is -2.52. The molecule has 18 heavy (non-hydrogen) atoms. The summed E-state index contributed by atoms with van der Waals surface area (Å²) in [6.45, 7) is 12.0. The van der Waals surface area contributed by atoms with Crippen LogP contribution in [0.4, 0.5) is 0 Å². The van der Waals surface area contributed by atoms with Crippen LogP contribution in [0.5, 0.6) is 0 Å². The van der Waals surface area contributed by atoms with Crippen LogP contribution in [0.1, 0.15) is 38.5 Å². The number of quaternary nitrogens is 2. The van der Waals surface area contributed by atoms with E-state index in [0.717, 1.165) is 0 Å². The largest absolute Gasteiger partial charge is 1.00 e. The molecule has 108 valence electrons. The van der Waals surface area contributed by atoms with Crippen molar-refractivity contribution in [2.24, 2.45) is 0 Å². The summed E-state index contributed by atoms with van der Waals surface area (Å²) in [5, 5.41) is 0. The van der Waals surface area contributed by atoms with Gasteiger partial charge in [-0.25, -0.2) is 0 Å². The number of piperidine rings is 2. The summed E-state index contributed by atoms with van der Waals surface area (Å²) < 4.78 is 3.00. The van der Waals surface area contributed by atoms with Gasteiger partial charge in [0.1, 0.15) is 26.2 Å². The van der Waals surface area contributed by atoms with Gasteiger partial charge in [0, 0.05) is 0 Å². The summed E-state index contributed by atoms with van der Waals surface area (Å²) >= 11 is 0. The van der Waals surface area contributed by atoms with Gasteiger partial charge >= 0.3 is 0 Å². The number of hydrogen-bond donors (Lipinski definition) is 0. The average molecular weight is 478 g/mol. The zero-order valence-electron chi connectivity index (χ0n) is 11.5. The van der Waals surface area contributed by atoms with Gasteiger partial charge in [0.25, 0.3) is 0 Å². The first-order valence-electron chi connectivity index (χ1n) is 7.53. The Labute approximate surface area is 147 Å². The van der Waals surface area contributed by atoms with Crippen molar-refractivity contribution in [3.05, 3.63) is 0 Å². The van der Waals surface area contributed by atoms with Gasteiger partial charge in [-0.15, -0.1) is 0 Å². The molecule has 0 aromatic heterocycles. The highest BCUT2D eigenvalue weighted by Gasteiger charge is 2.42. The van der Waals surface area contributed by atoms with E-state index in [9.17, 15) is 0 Å². The zero-order chi connectivity index (χ0) is 10.9. The summed E-state index contributed by atoms with van der Waals surface area (Å²) in [5.41, 5.74) is 0. The van der Waals surface area contributed by atoms with Crippen LogP contribution in [0.3, 0.4) is 0 Å². The Morgan fingerprint density at radius 3 is 0.889 bits per heavy atom. The first-order chi connectivity index (χ1) is 7.83. The molecule has 0 aromatic rings. The number of hydrogen-bond acceptors (Lipinski definition) is 0. The molecule has 0 N–H and O–H groups in total. The molecule has 3 aliphatic rings. The van der Waals surface area contributed by atoms with Crippen molar-refractivity contribution in [3.8, 4) is 0 Å². The SMILES string of the molecule is C1CC[N+]2(CC1)CC[N+]1(CCCCC1)CC2.[I-].[I-]. The van der Waals surface area contributed by atoms with E-state index < -0.39 is 0 Å². The summed E-state index contributed by atoms with van der Waals surface area (Å²) in [6, 6.07) is 0. The topological polar surface area (TPSA) is 0 Å². The van der Waals surface area contributed by atoms with Crippen molar-refractivity contribution in [2.45, 2.75) is 38.5 Å². The third-order valence-corrected chi connectivity index (χ3v) is 5.63. The molecule has 3 rings (SSSR count).